The summed E-state index contributed by atoms with van der Waals surface area (Å²) in [5.74, 6) is 0.343. The molecule has 2 atom stereocenters. The molecular weight excluding hydrogens is 198 g/mol. The van der Waals surface area contributed by atoms with Gasteiger partial charge in [0.2, 0.25) is 0 Å². The second kappa shape index (κ2) is 6.85. The van der Waals surface area contributed by atoms with Crippen LogP contribution in [0.4, 0.5) is 0 Å². The predicted octanol–water partition coefficient (Wildman–Crippen LogP) is 0.306. The van der Waals surface area contributed by atoms with E-state index in [4.69, 9.17) is 16.6 Å². The molecule has 0 rings (SSSR count). The average molecular weight is 213 g/mol. The number of hydrogen-bond donors (Lipinski definition) is 3. The molecule has 0 aromatic heterocycles. The third kappa shape index (κ3) is 6.52. The topological polar surface area (TPSA) is 86.6 Å². The molecular formula is C10H15NO4. The molecule has 0 spiro atoms. The van der Waals surface area contributed by atoms with Crippen LogP contribution in [0, 0.1) is 12.3 Å². The zero-order chi connectivity index (χ0) is 11.8. The van der Waals surface area contributed by atoms with Crippen LogP contribution in [0.25, 0.3) is 0 Å². The Bertz CT molecular complexity index is 269. The Morgan fingerprint density at radius 2 is 2.07 bits per heavy atom. The first-order valence-electron chi connectivity index (χ1n) is 4.61. The van der Waals surface area contributed by atoms with E-state index in [9.17, 15) is 9.59 Å². The second-order valence-corrected chi connectivity index (χ2v) is 3.30. The molecule has 0 aliphatic rings. The molecule has 0 heterocycles. The number of hydrogen-bond acceptors (Lipinski definition) is 3. The third-order valence-corrected chi connectivity index (χ3v) is 1.85. The lowest BCUT2D eigenvalue weighted by Gasteiger charge is -2.17. The van der Waals surface area contributed by atoms with Crippen molar-refractivity contribution in [1.82, 2.24) is 5.32 Å². The number of nitrogens with one attached hydrogen (secondary N) is 1. The minimum atomic E-state index is -1.06. The minimum absolute atomic E-state index is 0.0551. The van der Waals surface area contributed by atoms with Crippen LogP contribution in [-0.4, -0.2) is 34.2 Å². The van der Waals surface area contributed by atoms with E-state index in [1.807, 2.05) is 0 Å². The van der Waals surface area contributed by atoms with Crippen molar-refractivity contribution < 1.29 is 19.8 Å². The van der Waals surface area contributed by atoms with Crippen molar-refractivity contribution in [3.63, 3.8) is 0 Å². The first-order valence-corrected chi connectivity index (χ1v) is 4.61. The van der Waals surface area contributed by atoms with Crippen LogP contribution in [0.5, 0.6) is 0 Å². The highest BCUT2D eigenvalue weighted by molar-refractivity contribution is 5.75. The van der Waals surface area contributed by atoms with Crippen LogP contribution in [0.2, 0.25) is 0 Å². The first kappa shape index (κ1) is 13.5. The molecule has 0 saturated heterocycles. The first-order chi connectivity index (χ1) is 6.97. The number of carbonyl (C=O) groups is 2. The Kier molecular flexibility index (Phi) is 6.14. The maximum atomic E-state index is 10.7. The van der Waals surface area contributed by atoms with Gasteiger partial charge in [-0.05, 0) is 13.3 Å². The van der Waals surface area contributed by atoms with E-state index in [2.05, 4.69) is 11.2 Å². The smallest absolute Gasteiger partial charge is 0.320 e. The Labute approximate surface area is 88.5 Å². The van der Waals surface area contributed by atoms with E-state index >= 15 is 0 Å². The van der Waals surface area contributed by atoms with Crippen LogP contribution in [0.3, 0.4) is 0 Å². The van der Waals surface area contributed by atoms with Gasteiger partial charge in [-0.15, -0.1) is 12.3 Å². The molecule has 15 heavy (non-hydrogen) atoms. The summed E-state index contributed by atoms with van der Waals surface area (Å²) < 4.78 is 0. The summed E-state index contributed by atoms with van der Waals surface area (Å²) in [6.07, 6.45) is 5.37. The van der Waals surface area contributed by atoms with Crippen LogP contribution in [-0.2, 0) is 9.59 Å². The van der Waals surface area contributed by atoms with Crippen molar-refractivity contribution in [2.24, 2.45) is 0 Å². The lowest BCUT2D eigenvalue weighted by molar-refractivity contribution is -0.140. The lowest BCUT2D eigenvalue weighted by atomic mass is 10.1. The van der Waals surface area contributed by atoms with E-state index in [0.29, 0.717) is 6.42 Å². The standard InChI is InChI=1S/C10H15NO4/c1-3-4-7(2)11-8(10(14)15)5-6-9(12)13/h1,7-8,11H,4-6H2,2H3,(H,12,13)(H,14,15)/t7?,8-/m0/s1. The fraction of sp³-hybridized carbons (Fsp3) is 0.600. The van der Waals surface area contributed by atoms with E-state index in [-0.39, 0.29) is 18.9 Å². The molecule has 0 aliphatic carbocycles. The van der Waals surface area contributed by atoms with Gasteiger partial charge in [-0.2, -0.15) is 0 Å². The number of aliphatic carboxylic acids is 2. The molecule has 0 aromatic carbocycles. The van der Waals surface area contributed by atoms with Gasteiger partial charge < -0.3 is 15.5 Å². The Balaban J connectivity index is 4.11. The molecule has 0 aliphatic heterocycles. The Morgan fingerprint density at radius 1 is 1.47 bits per heavy atom. The van der Waals surface area contributed by atoms with Crippen molar-refractivity contribution in [2.45, 2.75) is 38.3 Å². The highest BCUT2D eigenvalue weighted by atomic mass is 16.4. The van der Waals surface area contributed by atoms with Gasteiger partial charge in [0, 0.05) is 18.9 Å². The normalized spacial score (nSPS) is 13.9. The zero-order valence-electron chi connectivity index (χ0n) is 8.56. The van der Waals surface area contributed by atoms with Crippen LogP contribution in [0.15, 0.2) is 0 Å². The molecule has 0 fully saturated rings. The monoisotopic (exact) mass is 213 g/mol. The number of carboxylic acid groups (broad SMARTS) is 2. The molecule has 84 valence electrons. The molecule has 0 amide bonds. The quantitative estimate of drug-likeness (QED) is 0.530. The van der Waals surface area contributed by atoms with Gasteiger partial charge in [-0.1, -0.05) is 0 Å². The molecule has 0 radical (unpaired) electrons. The largest absolute Gasteiger partial charge is 0.481 e. The van der Waals surface area contributed by atoms with E-state index in [1.165, 1.54) is 0 Å². The van der Waals surface area contributed by atoms with Gasteiger partial charge in [0.25, 0.3) is 0 Å². The Morgan fingerprint density at radius 3 is 2.47 bits per heavy atom. The van der Waals surface area contributed by atoms with Crippen molar-refractivity contribution >= 4 is 11.9 Å². The highest BCUT2D eigenvalue weighted by Crippen LogP contribution is 2.01. The minimum Gasteiger partial charge on any atom is -0.481 e. The fourth-order valence-electron chi connectivity index (χ4n) is 1.13. The summed E-state index contributed by atoms with van der Waals surface area (Å²) in [7, 11) is 0. The third-order valence-electron chi connectivity index (χ3n) is 1.85. The van der Waals surface area contributed by atoms with E-state index in [1.54, 1.807) is 6.92 Å². The SMILES string of the molecule is C#CCC(C)N[C@@H](CCC(=O)O)C(=O)O. The number of carboxylic acids is 2. The summed E-state index contributed by atoms with van der Waals surface area (Å²) in [5, 5.41) is 20.0. The van der Waals surface area contributed by atoms with Gasteiger partial charge in [0.15, 0.2) is 0 Å². The van der Waals surface area contributed by atoms with Gasteiger partial charge in [-0.25, -0.2) is 0 Å². The molecule has 0 bridgehead atoms. The van der Waals surface area contributed by atoms with Crippen molar-refractivity contribution in [2.75, 3.05) is 0 Å². The Hall–Kier alpha value is -1.54. The van der Waals surface area contributed by atoms with Gasteiger partial charge in [0.1, 0.15) is 6.04 Å². The van der Waals surface area contributed by atoms with Gasteiger partial charge in [-0.3, -0.25) is 9.59 Å². The van der Waals surface area contributed by atoms with E-state index in [0.717, 1.165) is 0 Å². The van der Waals surface area contributed by atoms with Gasteiger partial charge >= 0.3 is 11.9 Å². The van der Waals surface area contributed by atoms with E-state index < -0.39 is 18.0 Å². The number of terminal acetylenes is 1. The maximum Gasteiger partial charge on any atom is 0.320 e. The summed E-state index contributed by atoms with van der Waals surface area (Å²) in [5.41, 5.74) is 0. The molecule has 5 heteroatoms. The molecule has 5 nitrogen and oxygen atoms in total. The molecule has 0 aromatic rings. The summed E-state index contributed by atoms with van der Waals surface area (Å²) >= 11 is 0. The molecule has 3 N–H and O–H groups in total. The maximum absolute atomic E-state index is 10.7. The van der Waals surface area contributed by atoms with Gasteiger partial charge in [0.05, 0.1) is 0 Å². The van der Waals surface area contributed by atoms with Crippen molar-refractivity contribution in [3.05, 3.63) is 0 Å². The summed E-state index contributed by atoms with van der Waals surface area (Å²) in [4.78, 5) is 21.0. The lowest BCUT2D eigenvalue weighted by Crippen LogP contribution is -2.42. The fourth-order valence-corrected chi connectivity index (χ4v) is 1.13. The van der Waals surface area contributed by atoms with Crippen LogP contribution in [0.1, 0.15) is 26.2 Å². The molecule has 1 unspecified atom stereocenters. The summed E-state index contributed by atoms with van der Waals surface area (Å²) in [6.45, 7) is 1.76. The summed E-state index contributed by atoms with van der Waals surface area (Å²) in [6, 6.07) is -0.991. The average Bonchev–Trinajstić information content (AvgIpc) is 2.11. The zero-order valence-corrected chi connectivity index (χ0v) is 8.56. The van der Waals surface area contributed by atoms with Crippen molar-refractivity contribution in [1.29, 1.82) is 0 Å². The highest BCUT2D eigenvalue weighted by Gasteiger charge is 2.19. The number of rotatable bonds is 7. The predicted molar refractivity (Wildman–Crippen MR) is 54.3 cm³/mol. The van der Waals surface area contributed by atoms with Crippen molar-refractivity contribution in [3.8, 4) is 12.3 Å². The van der Waals surface area contributed by atoms with Crippen LogP contribution >= 0.6 is 0 Å². The van der Waals surface area contributed by atoms with Crippen LogP contribution < -0.4 is 5.32 Å². The second-order valence-electron chi connectivity index (χ2n) is 3.30. The molecule has 0 saturated carbocycles.